The molecule has 0 radical (unpaired) electrons. The van der Waals surface area contributed by atoms with E-state index in [1.807, 2.05) is 0 Å². The van der Waals surface area contributed by atoms with E-state index in [1.165, 1.54) is 24.2 Å². The molecule has 1 aliphatic carbocycles. The quantitative estimate of drug-likeness (QED) is 0.563. The topological polar surface area (TPSA) is 75.4 Å². The predicted molar refractivity (Wildman–Crippen MR) is 51.4 cm³/mol. The van der Waals surface area contributed by atoms with Crippen LogP contribution in [-0.2, 0) is 10.2 Å². The van der Waals surface area contributed by atoms with Crippen LogP contribution in [0.25, 0.3) is 0 Å². The molecule has 1 aliphatic rings. The van der Waals surface area contributed by atoms with Gasteiger partial charge in [-0.25, -0.2) is 5.14 Å². The normalized spacial score (nSPS) is 18.1. The fraction of sp³-hybridized carbons (Fsp3) is 1.00. The van der Waals surface area contributed by atoms with Crippen LogP contribution in [0.15, 0.2) is 0 Å². The van der Waals surface area contributed by atoms with E-state index < -0.39 is 10.2 Å². The van der Waals surface area contributed by atoms with E-state index in [1.54, 1.807) is 0 Å². The summed E-state index contributed by atoms with van der Waals surface area (Å²) in [5.74, 6) is 0. The zero-order valence-corrected chi connectivity index (χ0v) is 8.68. The molecule has 0 unspecified atom stereocenters. The van der Waals surface area contributed by atoms with Gasteiger partial charge < -0.3 is 5.32 Å². The van der Waals surface area contributed by atoms with Gasteiger partial charge in [-0.3, -0.25) is 0 Å². The molecule has 0 spiro atoms. The SMILES string of the molecule is CN(CCCNC1CC1)S(N)(=O)=O. The average molecular weight is 207 g/mol. The highest BCUT2D eigenvalue weighted by atomic mass is 32.2. The van der Waals surface area contributed by atoms with Crippen LogP contribution < -0.4 is 10.5 Å². The van der Waals surface area contributed by atoms with Crippen molar-refractivity contribution in [2.45, 2.75) is 25.3 Å². The Morgan fingerprint density at radius 1 is 1.54 bits per heavy atom. The monoisotopic (exact) mass is 207 g/mol. The molecule has 1 fully saturated rings. The third-order valence-electron chi connectivity index (χ3n) is 2.09. The molecule has 0 aliphatic heterocycles. The lowest BCUT2D eigenvalue weighted by Gasteiger charge is -2.13. The van der Waals surface area contributed by atoms with Crippen molar-refractivity contribution < 1.29 is 8.42 Å². The molecule has 78 valence electrons. The van der Waals surface area contributed by atoms with Crippen molar-refractivity contribution >= 4 is 10.2 Å². The molecule has 1 saturated carbocycles. The van der Waals surface area contributed by atoms with Gasteiger partial charge in [-0.15, -0.1) is 0 Å². The summed E-state index contributed by atoms with van der Waals surface area (Å²) in [6, 6.07) is 0.680. The van der Waals surface area contributed by atoms with E-state index in [9.17, 15) is 8.42 Å². The Morgan fingerprint density at radius 2 is 2.15 bits per heavy atom. The Kier molecular flexibility index (Phi) is 3.66. The van der Waals surface area contributed by atoms with Crippen LogP contribution in [0.1, 0.15) is 19.3 Å². The van der Waals surface area contributed by atoms with Gasteiger partial charge in [0.2, 0.25) is 0 Å². The number of hydrogen-bond donors (Lipinski definition) is 2. The first-order chi connectivity index (χ1) is 6.00. The summed E-state index contributed by atoms with van der Waals surface area (Å²) in [4.78, 5) is 0. The molecular formula is C7H17N3O2S. The van der Waals surface area contributed by atoms with Crippen LogP contribution in [0.3, 0.4) is 0 Å². The number of nitrogens with zero attached hydrogens (tertiary/aromatic N) is 1. The van der Waals surface area contributed by atoms with E-state index in [2.05, 4.69) is 5.32 Å². The number of nitrogens with one attached hydrogen (secondary N) is 1. The molecule has 0 saturated heterocycles. The smallest absolute Gasteiger partial charge is 0.276 e. The van der Waals surface area contributed by atoms with Gasteiger partial charge in [0, 0.05) is 19.6 Å². The molecule has 0 bridgehead atoms. The number of hydrogen-bond acceptors (Lipinski definition) is 3. The maximum Gasteiger partial charge on any atom is 0.276 e. The van der Waals surface area contributed by atoms with Crippen molar-refractivity contribution in [3.63, 3.8) is 0 Å². The molecule has 0 aromatic rings. The molecule has 13 heavy (non-hydrogen) atoms. The van der Waals surface area contributed by atoms with Gasteiger partial charge in [-0.1, -0.05) is 0 Å². The maximum absolute atomic E-state index is 10.8. The summed E-state index contributed by atoms with van der Waals surface area (Å²) in [7, 11) is -1.99. The molecule has 0 atom stereocenters. The second kappa shape index (κ2) is 4.36. The lowest BCUT2D eigenvalue weighted by molar-refractivity contribution is 0.455. The number of rotatable bonds is 6. The highest BCUT2D eigenvalue weighted by molar-refractivity contribution is 7.86. The summed E-state index contributed by atoms with van der Waals surface area (Å²) >= 11 is 0. The molecule has 0 amide bonds. The Bertz CT molecular complexity index is 248. The lowest BCUT2D eigenvalue weighted by atomic mass is 10.4. The van der Waals surface area contributed by atoms with Gasteiger partial charge in [0.15, 0.2) is 0 Å². The van der Waals surface area contributed by atoms with Crippen molar-refractivity contribution in [2.24, 2.45) is 5.14 Å². The minimum Gasteiger partial charge on any atom is -0.314 e. The van der Waals surface area contributed by atoms with Gasteiger partial charge in [-0.2, -0.15) is 12.7 Å². The largest absolute Gasteiger partial charge is 0.314 e. The van der Waals surface area contributed by atoms with Crippen LogP contribution in [0.2, 0.25) is 0 Å². The van der Waals surface area contributed by atoms with Gasteiger partial charge in [0.25, 0.3) is 10.2 Å². The molecule has 3 N–H and O–H groups in total. The maximum atomic E-state index is 10.8. The second-order valence-electron chi connectivity index (χ2n) is 3.45. The first kappa shape index (κ1) is 10.9. The molecule has 0 heterocycles. The summed E-state index contributed by atoms with van der Waals surface area (Å²) < 4.78 is 22.7. The highest BCUT2D eigenvalue weighted by Crippen LogP contribution is 2.18. The minimum atomic E-state index is -3.48. The third kappa shape index (κ3) is 4.56. The van der Waals surface area contributed by atoms with Gasteiger partial charge in [0.1, 0.15) is 0 Å². The Hall–Kier alpha value is -0.170. The Labute approximate surface area is 79.5 Å². The van der Waals surface area contributed by atoms with Crippen molar-refractivity contribution in [3.8, 4) is 0 Å². The average Bonchev–Trinajstić information content (AvgIpc) is 2.79. The standard InChI is InChI=1S/C7H17N3O2S/c1-10(13(8,11)12)6-2-5-9-7-3-4-7/h7,9H,2-6H2,1H3,(H2,8,11,12). The van der Waals surface area contributed by atoms with Crippen LogP contribution >= 0.6 is 0 Å². The lowest BCUT2D eigenvalue weighted by Crippen LogP contribution is -2.35. The van der Waals surface area contributed by atoms with Crippen LogP contribution in [0.5, 0.6) is 0 Å². The first-order valence-corrected chi connectivity index (χ1v) is 5.98. The van der Waals surface area contributed by atoms with Crippen molar-refractivity contribution in [1.29, 1.82) is 0 Å². The Morgan fingerprint density at radius 3 is 2.62 bits per heavy atom. The highest BCUT2D eigenvalue weighted by Gasteiger charge is 2.19. The molecule has 0 aromatic carbocycles. The minimum absolute atomic E-state index is 0.485. The Balaban J connectivity index is 2.04. The van der Waals surface area contributed by atoms with Crippen molar-refractivity contribution in [3.05, 3.63) is 0 Å². The van der Waals surface area contributed by atoms with E-state index in [0.717, 1.165) is 13.0 Å². The van der Waals surface area contributed by atoms with E-state index >= 15 is 0 Å². The van der Waals surface area contributed by atoms with Gasteiger partial charge in [0.05, 0.1) is 0 Å². The van der Waals surface area contributed by atoms with Gasteiger partial charge >= 0.3 is 0 Å². The number of nitrogens with two attached hydrogens (primary N) is 1. The third-order valence-corrected chi connectivity index (χ3v) is 3.15. The zero-order chi connectivity index (χ0) is 9.90. The fourth-order valence-electron chi connectivity index (χ4n) is 1.02. The van der Waals surface area contributed by atoms with E-state index in [0.29, 0.717) is 12.6 Å². The first-order valence-electron chi connectivity index (χ1n) is 4.47. The molecule has 6 heteroatoms. The summed E-state index contributed by atoms with van der Waals surface area (Å²) in [5.41, 5.74) is 0. The van der Waals surface area contributed by atoms with Crippen molar-refractivity contribution in [1.82, 2.24) is 9.62 Å². The second-order valence-corrected chi connectivity index (χ2v) is 5.10. The van der Waals surface area contributed by atoms with Crippen LogP contribution in [0, 0.1) is 0 Å². The zero-order valence-electron chi connectivity index (χ0n) is 7.86. The van der Waals surface area contributed by atoms with E-state index in [-0.39, 0.29) is 0 Å². The molecule has 5 nitrogen and oxygen atoms in total. The van der Waals surface area contributed by atoms with Crippen LogP contribution in [-0.4, -0.2) is 38.9 Å². The molecule has 0 aromatic heterocycles. The predicted octanol–water partition coefficient (Wildman–Crippen LogP) is -0.736. The summed E-state index contributed by atoms with van der Waals surface area (Å²) in [6.07, 6.45) is 3.32. The van der Waals surface area contributed by atoms with Crippen molar-refractivity contribution in [2.75, 3.05) is 20.1 Å². The van der Waals surface area contributed by atoms with Gasteiger partial charge in [-0.05, 0) is 25.8 Å². The molecule has 1 rings (SSSR count). The van der Waals surface area contributed by atoms with Crippen LogP contribution in [0.4, 0.5) is 0 Å². The summed E-state index contributed by atoms with van der Waals surface area (Å²) in [6.45, 7) is 1.35. The van der Waals surface area contributed by atoms with E-state index in [4.69, 9.17) is 5.14 Å². The molecular weight excluding hydrogens is 190 g/mol. The fourth-order valence-corrected chi connectivity index (χ4v) is 1.41. The summed E-state index contributed by atoms with van der Waals surface area (Å²) in [5, 5.41) is 8.21.